The van der Waals surface area contributed by atoms with Gasteiger partial charge in [0.15, 0.2) is 0 Å². The summed E-state index contributed by atoms with van der Waals surface area (Å²) < 4.78 is 7.44. The van der Waals surface area contributed by atoms with Crippen LogP contribution in [0.3, 0.4) is 0 Å². The van der Waals surface area contributed by atoms with Crippen LogP contribution in [0.5, 0.6) is 5.75 Å². The third-order valence-corrected chi connectivity index (χ3v) is 3.89. The number of aliphatic hydroxyl groups is 1. The molecule has 0 heterocycles. The molecule has 0 aliphatic rings. The number of ether oxygens (including phenoxy) is 1. The van der Waals surface area contributed by atoms with Gasteiger partial charge in [0, 0.05) is 25.1 Å². The number of halogens is 2. The Morgan fingerprint density at radius 2 is 1.84 bits per heavy atom. The van der Waals surface area contributed by atoms with Crippen molar-refractivity contribution >= 4 is 31.9 Å². The largest absolute Gasteiger partial charge is 0.492 e. The zero-order valence-electron chi connectivity index (χ0n) is 11.6. The molecule has 0 fully saturated rings. The van der Waals surface area contributed by atoms with Crippen molar-refractivity contribution < 1.29 is 9.84 Å². The van der Waals surface area contributed by atoms with E-state index < -0.39 is 0 Å². The molecule has 0 radical (unpaired) electrons. The molecule has 1 aromatic rings. The number of rotatable bonds is 7. The number of aliphatic hydroxyl groups excluding tert-OH is 1. The molecule has 19 heavy (non-hydrogen) atoms. The van der Waals surface area contributed by atoms with Gasteiger partial charge in [-0.2, -0.15) is 0 Å². The van der Waals surface area contributed by atoms with E-state index in [0.717, 1.165) is 33.3 Å². The van der Waals surface area contributed by atoms with E-state index in [-0.39, 0.29) is 12.0 Å². The van der Waals surface area contributed by atoms with Crippen molar-refractivity contribution in [2.45, 2.75) is 27.3 Å². The second-order valence-electron chi connectivity index (χ2n) is 5.25. The van der Waals surface area contributed by atoms with Gasteiger partial charge in [0.05, 0.1) is 15.6 Å². The Balaban J connectivity index is 2.66. The van der Waals surface area contributed by atoms with Gasteiger partial charge in [0.1, 0.15) is 5.75 Å². The Hall–Kier alpha value is -0.100. The van der Waals surface area contributed by atoms with E-state index in [4.69, 9.17) is 4.74 Å². The molecule has 108 valence electrons. The van der Waals surface area contributed by atoms with Crippen molar-refractivity contribution in [2.24, 2.45) is 5.41 Å². The molecule has 0 aliphatic heterocycles. The summed E-state index contributed by atoms with van der Waals surface area (Å²) >= 11 is 7.04. The van der Waals surface area contributed by atoms with Crippen molar-refractivity contribution in [2.75, 3.05) is 19.8 Å². The maximum Gasteiger partial charge on any atom is 0.147 e. The van der Waals surface area contributed by atoms with Crippen LogP contribution in [0.1, 0.15) is 26.3 Å². The van der Waals surface area contributed by atoms with E-state index in [0.29, 0.717) is 6.61 Å². The van der Waals surface area contributed by atoms with Crippen LogP contribution in [-0.2, 0) is 6.54 Å². The van der Waals surface area contributed by atoms with Crippen LogP contribution in [0, 0.1) is 5.41 Å². The third-order valence-electron chi connectivity index (χ3n) is 2.71. The monoisotopic (exact) mass is 393 g/mol. The fraction of sp³-hybridized carbons (Fsp3) is 0.571. The van der Waals surface area contributed by atoms with Crippen LogP contribution in [0.2, 0.25) is 0 Å². The molecule has 0 saturated heterocycles. The number of hydrogen-bond donors (Lipinski definition) is 2. The zero-order valence-corrected chi connectivity index (χ0v) is 14.8. The minimum Gasteiger partial charge on any atom is -0.492 e. The highest BCUT2D eigenvalue weighted by molar-refractivity contribution is 9.11. The summed E-state index contributed by atoms with van der Waals surface area (Å²) in [7, 11) is 0. The molecule has 0 spiro atoms. The van der Waals surface area contributed by atoms with Gasteiger partial charge in [-0.3, -0.25) is 0 Å². The zero-order chi connectivity index (χ0) is 14.5. The molecular weight excluding hydrogens is 374 g/mol. The fourth-order valence-electron chi connectivity index (χ4n) is 1.60. The number of hydrogen-bond acceptors (Lipinski definition) is 3. The summed E-state index contributed by atoms with van der Waals surface area (Å²) in [5.74, 6) is 0.835. The fourth-order valence-corrected chi connectivity index (χ4v) is 3.11. The van der Waals surface area contributed by atoms with Crippen molar-refractivity contribution in [3.63, 3.8) is 0 Å². The summed E-state index contributed by atoms with van der Waals surface area (Å²) in [6.45, 7) is 8.37. The Morgan fingerprint density at radius 3 is 2.32 bits per heavy atom. The average Bonchev–Trinajstić information content (AvgIpc) is 2.34. The summed E-state index contributed by atoms with van der Waals surface area (Å²) in [5.41, 5.74) is 1.07. The van der Waals surface area contributed by atoms with E-state index in [1.807, 2.05) is 20.8 Å². The summed E-state index contributed by atoms with van der Waals surface area (Å²) in [4.78, 5) is 0. The topological polar surface area (TPSA) is 41.5 Å². The molecule has 2 N–H and O–H groups in total. The average molecular weight is 395 g/mol. The predicted molar refractivity (Wildman–Crippen MR) is 85.6 cm³/mol. The highest BCUT2D eigenvalue weighted by atomic mass is 79.9. The second-order valence-corrected chi connectivity index (χ2v) is 6.96. The normalized spacial score (nSPS) is 11.7. The third kappa shape index (κ3) is 5.42. The van der Waals surface area contributed by atoms with E-state index in [1.54, 1.807) is 0 Å². The highest BCUT2D eigenvalue weighted by Gasteiger charge is 2.15. The van der Waals surface area contributed by atoms with Crippen LogP contribution in [-0.4, -0.2) is 24.9 Å². The smallest absolute Gasteiger partial charge is 0.147 e. The molecule has 0 aromatic heterocycles. The molecule has 0 unspecified atom stereocenters. The first-order valence-electron chi connectivity index (χ1n) is 6.32. The quantitative estimate of drug-likeness (QED) is 0.740. The Bertz CT molecular complexity index is 399. The number of benzene rings is 1. The first-order chi connectivity index (χ1) is 8.89. The van der Waals surface area contributed by atoms with E-state index >= 15 is 0 Å². The molecule has 5 heteroatoms. The van der Waals surface area contributed by atoms with E-state index in [9.17, 15) is 5.11 Å². The van der Waals surface area contributed by atoms with Gasteiger partial charge < -0.3 is 15.2 Å². The Labute approximate surface area is 132 Å². The highest BCUT2D eigenvalue weighted by Crippen LogP contribution is 2.34. The van der Waals surface area contributed by atoms with Gasteiger partial charge in [-0.05, 0) is 56.5 Å². The van der Waals surface area contributed by atoms with E-state index in [1.165, 1.54) is 0 Å². The molecule has 0 saturated carbocycles. The minimum absolute atomic E-state index is 0.0975. The standard InChI is InChI=1S/C14H21Br2NO2/c1-4-19-13-11(15)5-10(6-12(13)16)7-17-8-14(2,3)9-18/h5-6,17-18H,4,7-9H2,1-3H3. The number of nitrogens with one attached hydrogen (secondary N) is 1. The summed E-state index contributed by atoms with van der Waals surface area (Å²) in [6.07, 6.45) is 0. The van der Waals surface area contributed by atoms with Crippen LogP contribution in [0.4, 0.5) is 0 Å². The first-order valence-corrected chi connectivity index (χ1v) is 7.90. The van der Waals surface area contributed by atoms with Gasteiger partial charge in [0.2, 0.25) is 0 Å². The molecule has 3 nitrogen and oxygen atoms in total. The Morgan fingerprint density at radius 1 is 1.26 bits per heavy atom. The van der Waals surface area contributed by atoms with Gasteiger partial charge >= 0.3 is 0 Å². The van der Waals surface area contributed by atoms with Gasteiger partial charge in [-0.1, -0.05) is 13.8 Å². The summed E-state index contributed by atoms with van der Waals surface area (Å²) in [6, 6.07) is 4.10. The molecule has 0 bridgehead atoms. The summed E-state index contributed by atoms with van der Waals surface area (Å²) in [5, 5.41) is 12.6. The molecular formula is C14H21Br2NO2. The van der Waals surface area contributed by atoms with Crippen molar-refractivity contribution in [1.29, 1.82) is 0 Å². The maximum atomic E-state index is 9.20. The van der Waals surface area contributed by atoms with Gasteiger partial charge in [0.25, 0.3) is 0 Å². The van der Waals surface area contributed by atoms with Crippen molar-refractivity contribution in [1.82, 2.24) is 5.32 Å². The lowest BCUT2D eigenvalue weighted by Crippen LogP contribution is -2.31. The lowest BCUT2D eigenvalue weighted by atomic mass is 9.95. The first kappa shape index (κ1) is 17.0. The maximum absolute atomic E-state index is 9.20. The molecule has 0 amide bonds. The van der Waals surface area contributed by atoms with Gasteiger partial charge in [-0.15, -0.1) is 0 Å². The van der Waals surface area contributed by atoms with Crippen LogP contribution < -0.4 is 10.1 Å². The van der Waals surface area contributed by atoms with Crippen LogP contribution >= 0.6 is 31.9 Å². The second kappa shape index (κ2) is 7.62. The molecule has 1 rings (SSSR count). The lowest BCUT2D eigenvalue weighted by Gasteiger charge is -2.22. The van der Waals surface area contributed by atoms with E-state index in [2.05, 4.69) is 49.3 Å². The predicted octanol–water partition coefficient (Wildman–Crippen LogP) is 3.72. The molecule has 0 aliphatic carbocycles. The molecule has 0 atom stereocenters. The van der Waals surface area contributed by atoms with Crippen molar-refractivity contribution in [3.05, 3.63) is 26.6 Å². The van der Waals surface area contributed by atoms with Crippen LogP contribution in [0.25, 0.3) is 0 Å². The minimum atomic E-state index is -0.0975. The SMILES string of the molecule is CCOc1c(Br)cc(CNCC(C)(C)CO)cc1Br. The lowest BCUT2D eigenvalue weighted by molar-refractivity contribution is 0.156. The van der Waals surface area contributed by atoms with Crippen molar-refractivity contribution in [3.8, 4) is 5.75 Å². The van der Waals surface area contributed by atoms with Crippen LogP contribution in [0.15, 0.2) is 21.1 Å². The van der Waals surface area contributed by atoms with Gasteiger partial charge in [-0.25, -0.2) is 0 Å². The Kier molecular flexibility index (Phi) is 6.80. The molecule has 1 aromatic carbocycles.